The SMILES string of the molecule is O=C(CNc1ccccc1Cl)NCC(F)(F)F. The van der Waals surface area contributed by atoms with E-state index in [1.807, 2.05) is 0 Å². The van der Waals surface area contributed by atoms with Crippen LogP contribution in [0.15, 0.2) is 24.3 Å². The van der Waals surface area contributed by atoms with Gasteiger partial charge in [0, 0.05) is 0 Å². The van der Waals surface area contributed by atoms with E-state index >= 15 is 0 Å². The molecule has 0 aliphatic carbocycles. The number of para-hydroxylation sites is 1. The molecule has 94 valence electrons. The first-order chi connectivity index (χ1) is 7.88. The van der Waals surface area contributed by atoms with Gasteiger partial charge in [-0.3, -0.25) is 4.79 Å². The highest BCUT2D eigenvalue weighted by Gasteiger charge is 2.27. The van der Waals surface area contributed by atoms with Gasteiger partial charge < -0.3 is 10.6 Å². The van der Waals surface area contributed by atoms with Crippen LogP contribution in [0.25, 0.3) is 0 Å². The molecule has 1 aromatic rings. The van der Waals surface area contributed by atoms with Crippen LogP contribution in [0, 0.1) is 0 Å². The van der Waals surface area contributed by atoms with Gasteiger partial charge in [-0.05, 0) is 12.1 Å². The van der Waals surface area contributed by atoms with Crippen molar-refractivity contribution in [1.82, 2.24) is 5.32 Å². The molecule has 2 N–H and O–H groups in total. The van der Waals surface area contributed by atoms with Gasteiger partial charge in [0.25, 0.3) is 0 Å². The molecule has 0 heterocycles. The van der Waals surface area contributed by atoms with Gasteiger partial charge in [0.15, 0.2) is 0 Å². The van der Waals surface area contributed by atoms with Crippen LogP contribution in [0.2, 0.25) is 5.02 Å². The zero-order valence-electron chi connectivity index (χ0n) is 8.64. The van der Waals surface area contributed by atoms with Crippen molar-refractivity contribution in [3.8, 4) is 0 Å². The van der Waals surface area contributed by atoms with Crippen LogP contribution in [-0.2, 0) is 4.79 Å². The van der Waals surface area contributed by atoms with Gasteiger partial charge >= 0.3 is 6.18 Å². The largest absolute Gasteiger partial charge is 0.405 e. The first-order valence-corrected chi connectivity index (χ1v) is 5.08. The Morgan fingerprint density at radius 1 is 1.29 bits per heavy atom. The van der Waals surface area contributed by atoms with Crippen LogP contribution in [0.3, 0.4) is 0 Å². The maximum absolute atomic E-state index is 11.8. The predicted octanol–water partition coefficient (Wildman–Crippen LogP) is 2.43. The summed E-state index contributed by atoms with van der Waals surface area (Å²) in [6.45, 7) is -1.60. The van der Waals surface area contributed by atoms with Crippen molar-refractivity contribution in [1.29, 1.82) is 0 Å². The lowest BCUT2D eigenvalue weighted by molar-refractivity contribution is -0.137. The van der Waals surface area contributed by atoms with Crippen LogP contribution < -0.4 is 10.6 Å². The van der Waals surface area contributed by atoms with Crippen LogP contribution >= 0.6 is 11.6 Å². The quantitative estimate of drug-likeness (QED) is 0.879. The van der Waals surface area contributed by atoms with Gasteiger partial charge in [-0.2, -0.15) is 13.2 Å². The Hall–Kier alpha value is -1.43. The number of carbonyl (C=O) groups excluding carboxylic acids is 1. The fraction of sp³-hybridized carbons (Fsp3) is 0.300. The van der Waals surface area contributed by atoms with E-state index in [-0.39, 0.29) is 6.54 Å². The minimum atomic E-state index is -4.40. The fourth-order valence-corrected chi connectivity index (χ4v) is 1.24. The molecule has 0 bridgehead atoms. The molecule has 0 radical (unpaired) electrons. The summed E-state index contributed by atoms with van der Waals surface area (Å²) in [7, 11) is 0. The molecule has 3 nitrogen and oxygen atoms in total. The normalized spacial score (nSPS) is 11.1. The highest BCUT2D eigenvalue weighted by Crippen LogP contribution is 2.19. The highest BCUT2D eigenvalue weighted by molar-refractivity contribution is 6.33. The molecule has 1 amide bonds. The number of rotatable bonds is 4. The molecule has 0 aromatic heterocycles. The number of benzene rings is 1. The van der Waals surface area contributed by atoms with Gasteiger partial charge in [0.2, 0.25) is 5.91 Å². The van der Waals surface area contributed by atoms with Gasteiger partial charge in [-0.1, -0.05) is 23.7 Å². The molecule has 0 aliphatic heterocycles. The predicted molar refractivity (Wildman–Crippen MR) is 59.0 cm³/mol. The zero-order chi connectivity index (χ0) is 12.9. The second kappa shape index (κ2) is 5.77. The summed E-state index contributed by atoms with van der Waals surface area (Å²) in [5.41, 5.74) is 0.497. The number of hydrogen-bond donors (Lipinski definition) is 2. The third-order valence-electron chi connectivity index (χ3n) is 1.80. The van der Waals surface area contributed by atoms with Crippen molar-refractivity contribution in [2.45, 2.75) is 6.18 Å². The van der Waals surface area contributed by atoms with Crippen LogP contribution in [0.1, 0.15) is 0 Å². The molecule has 0 saturated heterocycles. The minimum absolute atomic E-state index is 0.264. The first-order valence-electron chi connectivity index (χ1n) is 4.70. The van der Waals surface area contributed by atoms with Crippen molar-refractivity contribution >= 4 is 23.2 Å². The monoisotopic (exact) mass is 266 g/mol. The van der Waals surface area contributed by atoms with Crippen molar-refractivity contribution in [3.05, 3.63) is 29.3 Å². The number of hydrogen-bond acceptors (Lipinski definition) is 2. The van der Waals surface area contributed by atoms with Gasteiger partial charge in [-0.15, -0.1) is 0 Å². The van der Waals surface area contributed by atoms with E-state index in [1.54, 1.807) is 29.6 Å². The molecule has 1 aromatic carbocycles. The average Bonchev–Trinajstić information content (AvgIpc) is 2.24. The lowest BCUT2D eigenvalue weighted by atomic mass is 10.3. The summed E-state index contributed by atoms with van der Waals surface area (Å²) in [5.74, 6) is -0.748. The molecule has 1 rings (SSSR count). The number of amides is 1. The standard InChI is InChI=1S/C10H10ClF3N2O/c11-7-3-1-2-4-8(7)15-5-9(17)16-6-10(12,13)14/h1-4,15H,5-6H2,(H,16,17). The maximum atomic E-state index is 11.8. The fourth-order valence-electron chi connectivity index (χ4n) is 1.04. The third kappa shape index (κ3) is 5.44. The Bertz CT molecular complexity index is 395. The Kier molecular flexibility index (Phi) is 4.62. The lowest BCUT2D eigenvalue weighted by Gasteiger charge is -2.10. The first kappa shape index (κ1) is 13.6. The molecule has 0 aliphatic rings. The number of nitrogens with one attached hydrogen (secondary N) is 2. The van der Waals surface area contributed by atoms with E-state index in [4.69, 9.17) is 11.6 Å². The lowest BCUT2D eigenvalue weighted by Crippen LogP contribution is -2.37. The summed E-state index contributed by atoms with van der Waals surface area (Å²) < 4.78 is 35.4. The molecule has 0 saturated carbocycles. The summed E-state index contributed by atoms with van der Waals surface area (Å²) in [4.78, 5) is 11.1. The minimum Gasteiger partial charge on any atom is -0.375 e. The summed E-state index contributed by atoms with van der Waals surface area (Å²) in [6, 6.07) is 6.63. The van der Waals surface area contributed by atoms with Crippen LogP contribution in [-0.4, -0.2) is 25.2 Å². The van der Waals surface area contributed by atoms with Crippen molar-refractivity contribution in [3.63, 3.8) is 0 Å². The molecule has 0 fully saturated rings. The van der Waals surface area contributed by atoms with Crippen molar-refractivity contribution in [2.24, 2.45) is 0 Å². The Labute approximate surface area is 101 Å². The zero-order valence-corrected chi connectivity index (χ0v) is 9.40. The smallest absolute Gasteiger partial charge is 0.375 e. The summed E-state index contributed by atoms with van der Waals surface area (Å²) in [6.07, 6.45) is -4.40. The third-order valence-corrected chi connectivity index (χ3v) is 2.13. The van der Waals surface area contributed by atoms with Crippen LogP contribution in [0.5, 0.6) is 0 Å². The number of alkyl halides is 3. The van der Waals surface area contributed by atoms with Crippen molar-refractivity contribution in [2.75, 3.05) is 18.4 Å². The van der Waals surface area contributed by atoms with E-state index in [2.05, 4.69) is 5.32 Å². The topological polar surface area (TPSA) is 41.1 Å². The molecule has 17 heavy (non-hydrogen) atoms. The molecule has 0 atom stereocenters. The van der Waals surface area contributed by atoms with Gasteiger partial charge in [-0.25, -0.2) is 0 Å². The Morgan fingerprint density at radius 2 is 1.94 bits per heavy atom. The highest BCUT2D eigenvalue weighted by atomic mass is 35.5. The molecule has 0 unspecified atom stereocenters. The van der Waals surface area contributed by atoms with Gasteiger partial charge in [0.1, 0.15) is 6.54 Å². The molecular weight excluding hydrogens is 257 g/mol. The number of halogens is 4. The van der Waals surface area contributed by atoms with E-state index in [0.717, 1.165) is 0 Å². The van der Waals surface area contributed by atoms with E-state index in [0.29, 0.717) is 10.7 Å². The molecule has 0 spiro atoms. The van der Waals surface area contributed by atoms with E-state index in [9.17, 15) is 18.0 Å². The molecular formula is C10H10ClF3N2O. The summed E-state index contributed by atoms with van der Waals surface area (Å²) >= 11 is 5.78. The second-order valence-electron chi connectivity index (χ2n) is 3.23. The van der Waals surface area contributed by atoms with Crippen LogP contribution in [0.4, 0.5) is 18.9 Å². The molecule has 7 heteroatoms. The summed E-state index contributed by atoms with van der Waals surface area (Å²) in [5, 5.41) is 4.78. The van der Waals surface area contributed by atoms with E-state index < -0.39 is 18.6 Å². The second-order valence-corrected chi connectivity index (χ2v) is 3.63. The maximum Gasteiger partial charge on any atom is 0.405 e. The Balaban J connectivity index is 2.36. The van der Waals surface area contributed by atoms with E-state index in [1.165, 1.54) is 0 Å². The Morgan fingerprint density at radius 3 is 2.53 bits per heavy atom. The average molecular weight is 267 g/mol. The number of carbonyl (C=O) groups is 1. The van der Waals surface area contributed by atoms with Gasteiger partial charge in [0.05, 0.1) is 17.3 Å². The van der Waals surface area contributed by atoms with Crippen molar-refractivity contribution < 1.29 is 18.0 Å². The number of anilines is 1.